The second kappa shape index (κ2) is 10.2. The van der Waals surface area contributed by atoms with Crippen molar-refractivity contribution in [2.75, 3.05) is 6.61 Å². The van der Waals surface area contributed by atoms with Crippen LogP contribution in [0.1, 0.15) is 39.0 Å². The number of hydrogen-bond acceptors (Lipinski definition) is 5. The predicted molar refractivity (Wildman–Crippen MR) is 111 cm³/mol. The van der Waals surface area contributed by atoms with Crippen LogP contribution in [-0.2, 0) is 22.4 Å². The summed E-state index contributed by atoms with van der Waals surface area (Å²) in [5, 5.41) is 2.63. The lowest BCUT2D eigenvalue weighted by Crippen LogP contribution is -2.43. The van der Waals surface area contributed by atoms with Gasteiger partial charge < -0.3 is 14.5 Å². The van der Waals surface area contributed by atoms with E-state index in [0.717, 1.165) is 17.5 Å². The third-order valence-corrected chi connectivity index (χ3v) is 4.65. The number of furan rings is 1. The Labute approximate surface area is 174 Å². The number of ketones is 1. The van der Waals surface area contributed by atoms with Crippen molar-refractivity contribution in [1.82, 2.24) is 5.32 Å². The molecule has 3 rings (SSSR count). The zero-order valence-corrected chi connectivity index (χ0v) is 16.7. The highest BCUT2D eigenvalue weighted by Crippen LogP contribution is 2.09. The summed E-state index contributed by atoms with van der Waals surface area (Å²) in [6.45, 7) is 1.63. The van der Waals surface area contributed by atoms with Crippen molar-refractivity contribution in [3.05, 3.63) is 95.4 Å². The molecule has 0 saturated carbocycles. The summed E-state index contributed by atoms with van der Waals surface area (Å²) in [6, 6.07) is 18.6. The van der Waals surface area contributed by atoms with Gasteiger partial charge in [0.2, 0.25) is 0 Å². The summed E-state index contributed by atoms with van der Waals surface area (Å²) < 4.78 is 10.3. The lowest BCUT2D eigenvalue weighted by atomic mass is 10.1. The van der Waals surface area contributed by atoms with Crippen LogP contribution in [-0.4, -0.2) is 30.3 Å². The van der Waals surface area contributed by atoms with Crippen LogP contribution in [0.25, 0.3) is 0 Å². The molecule has 0 aliphatic carbocycles. The fraction of sp³-hybridized carbons (Fsp3) is 0.208. The largest absolute Gasteiger partial charge is 0.459 e. The van der Waals surface area contributed by atoms with Gasteiger partial charge >= 0.3 is 5.97 Å². The minimum atomic E-state index is -0.958. The van der Waals surface area contributed by atoms with Crippen molar-refractivity contribution in [3.8, 4) is 0 Å². The van der Waals surface area contributed by atoms with Crippen LogP contribution in [0, 0.1) is 0 Å². The Balaban J connectivity index is 1.65. The predicted octanol–water partition coefficient (Wildman–Crippen LogP) is 3.61. The number of nitrogens with one attached hydrogen (secondary N) is 1. The first-order valence-electron chi connectivity index (χ1n) is 9.74. The molecule has 1 heterocycles. The molecular formula is C24H23NO5. The number of hydrogen-bond donors (Lipinski definition) is 1. The molecule has 1 aromatic heterocycles. The lowest BCUT2D eigenvalue weighted by molar-refractivity contribution is -0.144. The smallest absolute Gasteiger partial charge is 0.329 e. The number of aryl methyl sites for hydroxylation is 1. The molecule has 6 heteroatoms. The van der Waals surface area contributed by atoms with Gasteiger partial charge in [-0.15, -0.1) is 0 Å². The van der Waals surface area contributed by atoms with E-state index in [1.165, 1.54) is 12.3 Å². The topological polar surface area (TPSA) is 85.6 Å². The molecule has 0 radical (unpaired) electrons. The highest BCUT2D eigenvalue weighted by Gasteiger charge is 2.25. The molecule has 1 amide bonds. The number of amides is 1. The number of ether oxygens (including phenoxy) is 1. The average molecular weight is 405 g/mol. The molecule has 0 unspecified atom stereocenters. The molecule has 0 aliphatic heterocycles. The number of esters is 1. The Kier molecular flexibility index (Phi) is 7.16. The normalized spacial score (nSPS) is 11.5. The summed E-state index contributed by atoms with van der Waals surface area (Å²) in [6.07, 6.45) is 2.48. The van der Waals surface area contributed by atoms with Crippen molar-refractivity contribution in [1.29, 1.82) is 0 Å². The number of rotatable bonds is 9. The molecule has 3 aromatic rings. The molecule has 0 saturated heterocycles. The van der Waals surface area contributed by atoms with Gasteiger partial charge in [-0.25, -0.2) is 4.79 Å². The maximum atomic E-state index is 12.7. The SMILES string of the molecule is CCc1ccc(C(=O)COC(=O)[C@@H](Cc2ccccc2)NC(=O)c2ccco2)cc1. The molecule has 0 aliphatic rings. The van der Waals surface area contributed by atoms with E-state index in [1.54, 1.807) is 18.2 Å². The van der Waals surface area contributed by atoms with Gasteiger partial charge in [0.05, 0.1) is 6.26 Å². The molecule has 30 heavy (non-hydrogen) atoms. The minimum Gasteiger partial charge on any atom is -0.459 e. The van der Waals surface area contributed by atoms with Crippen molar-refractivity contribution in [2.45, 2.75) is 25.8 Å². The van der Waals surface area contributed by atoms with E-state index in [4.69, 9.17) is 9.15 Å². The third-order valence-electron chi connectivity index (χ3n) is 4.65. The van der Waals surface area contributed by atoms with Crippen LogP contribution in [0.15, 0.2) is 77.4 Å². The number of carbonyl (C=O) groups excluding carboxylic acids is 3. The van der Waals surface area contributed by atoms with Crippen LogP contribution < -0.4 is 5.32 Å². The molecule has 1 atom stereocenters. The fourth-order valence-corrected chi connectivity index (χ4v) is 2.93. The van der Waals surface area contributed by atoms with E-state index in [2.05, 4.69) is 5.32 Å². The third kappa shape index (κ3) is 5.67. The summed E-state index contributed by atoms with van der Waals surface area (Å²) >= 11 is 0. The summed E-state index contributed by atoms with van der Waals surface area (Å²) in [7, 11) is 0. The van der Waals surface area contributed by atoms with E-state index in [0.29, 0.717) is 5.56 Å². The van der Waals surface area contributed by atoms with Crippen molar-refractivity contribution >= 4 is 17.7 Å². The molecule has 6 nitrogen and oxygen atoms in total. The maximum Gasteiger partial charge on any atom is 0.329 e. The second-order valence-corrected chi connectivity index (χ2v) is 6.77. The first kappa shape index (κ1) is 21.0. The highest BCUT2D eigenvalue weighted by atomic mass is 16.5. The van der Waals surface area contributed by atoms with Crippen LogP contribution >= 0.6 is 0 Å². The zero-order valence-electron chi connectivity index (χ0n) is 16.7. The Bertz CT molecular complexity index is 978. The molecule has 2 aromatic carbocycles. The Morgan fingerprint density at radius 3 is 2.30 bits per heavy atom. The molecule has 1 N–H and O–H groups in total. The molecule has 0 bridgehead atoms. The van der Waals surface area contributed by atoms with Gasteiger partial charge in [-0.05, 0) is 29.7 Å². The van der Waals surface area contributed by atoms with Crippen molar-refractivity contribution in [3.63, 3.8) is 0 Å². The average Bonchev–Trinajstić information content (AvgIpc) is 3.32. The standard InChI is InChI=1S/C24H23NO5/c1-2-17-10-12-19(13-11-17)21(26)16-30-24(28)20(15-18-7-4-3-5-8-18)25-23(27)22-9-6-14-29-22/h3-14,20H,2,15-16H2,1H3,(H,25,27)/t20-/m1/s1. The van der Waals surface area contributed by atoms with Gasteiger partial charge in [0.1, 0.15) is 6.04 Å². The second-order valence-electron chi connectivity index (χ2n) is 6.77. The van der Waals surface area contributed by atoms with Gasteiger partial charge in [-0.1, -0.05) is 61.5 Å². The number of benzene rings is 2. The van der Waals surface area contributed by atoms with Crippen LogP contribution in [0.4, 0.5) is 0 Å². The van der Waals surface area contributed by atoms with Gasteiger partial charge in [0.25, 0.3) is 5.91 Å². The summed E-state index contributed by atoms with van der Waals surface area (Å²) in [5.74, 6) is -1.42. The van der Waals surface area contributed by atoms with E-state index < -0.39 is 24.5 Å². The first-order chi connectivity index (χ1) is 14.6. The number of Topliss-reactive ketones (excluding diaryl/α,β-unsaturated/α-hetero) is 1. The highest BCUT2D eigenvalue weighted by molar-refractivity contribution is 5.99. The van der Waals surface area contributed by atoms with Gasteiger partial charge in [0.15, 0.2) is 18.2 Å². The van der Waals surface area contributed by atoms with E-state index in [9.17, 15) is 14.4 Å². The van der Waals surface area contributed by atoms with E-state index in [-0.39, 0.29) is 18.0 Å². The Hall–Kier alpha value is -3.67. The quantitative estimate of drug-likeness (QED) is 0.434. The Morgan fingerprint density at radius 2 is 1.67 bits per heavy atom. The monoisotopic (exact) mass is 405 g/mol. The minimum absolute atomic E-state index is 0.0907. The van der Waals surface area contributed by atoms with Crippen LogP contribution in [0.2, 0.25) is 0 Å². The molecule has 0 spiro atoms. The van der Waals surface area contributed by atoms with Crippen LogP contribution in [0.3, 0.4) is 0 Å². The van der Waals surface area contributed by atoms with Crippen molar-refractivity contribution < 1.29 is 23.5 Å². The zero-order chi connectivity index (χ0) is 21.3. The maximum absolute atomic E-state index is 12.7. The van der Waals surface area contributed by atoms with Gasteiger partial charge in [0, 0.05) is 12.0 Å². The van der Waals surface area contributed by atoms with Gasteiger partial charge in [-0.3, -0.25) is 9.59 Å². The summed E-state index contributed by atoms with van der Waals surface area (Å²) in [4.78, 5) is 37.4. The Morgan fingerprint density at radius 1 is 0.933 bits per heavy atom. The van der Waals surface area contributed by atoms with E-state index in [1.807, 2.05) is 49.4 Å². The molecule has 154 valence electrons. The van der Waals surface area contributed by atoms with Crippen LogP contribution in [0.5, 0.6) is 0 Å². The fourth-order valence-electron chi connectivity index (χ4n) is 2.93. The first-order valence-corrected chi connectivity index (χ1v) is 9.74. The number of carbonyl (C=O) groups is 3. The lowest BCUT2D eigenvalue weighted by Gasteiger charge is -2.17. The summed E-state index contributed by atoms with van der Waals surface area (Å²) in [5.41, 5.74) is 2.44. The van der Waals surface area contributed by atoms with Gasteiger partial charge in [-0.2, -0.15) is 0 Å². The van der Waals surface area contributed by atoms with E-state index >= 15 is 0 Å². The molecular weight excluding hydrogens is 382 g/mol. The van der Waals surface area contributed by atoms with Crippen molar-refractivity contribution in [2.24, 2.45) is 0 Å². The molecule has 0 fully saturated rings.